The van der Waals surface area contributed by atoms with Crippen LogP contribution in [0.5, 0.6) is 0 Å². The fourth-order valence-corrected chi connectivity index (χ4v) is 16.2. The first-order chi connectivity index (χ1) is 59.3. The Balaban J connectivity index is 0.998. The van der Waals surface area contributed by atoms with Crippen molar-refractivity contribution in [3.05, 3.63) is 0 Å². The molecule has 730 valence electrons. The highest BCUT2D eigenvalue weighted by Gasteiger charge is 2.62. The third kappa shape index (κ3) is 23.6. The molecule has 0 spiro atoms. The number of rotatable bonds is 33. The Morgan fingerprint density at radius 1 is 0.262 bits per heavy atom. The minimum Gasteiger partial charge on any atom is -0.394 e. The summed E-state index contributed by atoms with van der Waals surface area (Å²) in [4.78, 5) is 51.8. The van der Waals surface area contributed by atoms with E-state index in [2.05, 4.69) is 25.5 Å². The highest BCUT2D eigenvalue weighted by Crippen LogP contribution is 2.41. The van der Waals surface area contributed by atoms with E-state index in [9.17, 15) is 165 Å². The molecule has 0 saturated carbocycles. The first-order valence-electron chi connectivity index (χ1n) is 39.7. The average Bonchev–Trinajstić information content (AvgIpc) is 0.761. The summed E-state index contributed by atoms with van der Waals surface area (Å²) in [7, 11) is -5.50. The van der Waals surface area contributed by atoms with Crippen molar-refractivity contribution in [2.45, 2.75) is 341 Å². The Morgan fingerprint density at radius 3 is 0.960 bits per heavy atom. The van der Waals surface area contributed by atoms with Gasteiger partial charge in [0.1, 0.15) is 238 Å². The minimum atomic E-state index is -5.50. The molecule has 10 fully saturated rings. The number of carbonyl (C=O) groups excluding carboxylic acids is 4. The largest absolute Gasteiger partial charge is 0.397 e. The Hall–Kier alpha value is -4.05. The molecule has 0 aliphatic carbocycles. The molecule has 31 N–H and O–H groups in total. The first-order valence-corrected chi connectivity index (χ1v) is 41.0. The molecule has 126 heavy (non-hydrogen) atoms. The van der Waals surface area contributed by atoms with Gasteiger partial charge in [0.15, 0.2) is 62.9 Å². The molecule has 50 atom stereocenters. The number of hydrogen-bond acceptors (Lipinski definition) is 52. The van der Waals surface area contributed by atoms with E-state index < -0.39 is 400 Å². The van der Waals surface area contributed by atoms with Crippen LogP contribution in [0, 0.1) is 0 Å². The van der Waals surface area contributed by atoms with Crippen molar-refractivity contribution in [3.8, 4) is 0 Å². The maximum atomic E-state index is 13.3. The smallest absolute Gasteiger partial charge is 0.394 e. The van der Waals surface area contributed by atoms with Crippen LogP contribution in [-0.4, -0.2) is 536 Å². The number of aliphatic hydroxyl groups is 26. The molecular weight excluding hydrogens is 1750 g/mol. The van der Waals surface area contributed by atoms with E-state index in [0.717, 1.165) is 27.7 Å². The molecule has 58 heteroatoms. The van der Waals surface area contributed by atoms with Crippen LogP contribution in [-0.2, 0) is 124 Å². The SMILES string of the molecule is CC(=O)N[C@@H]1[C@@H](O)[C@H](O[C@@H]2O[C@H](CO)[C@@H](O[C@@H]3O[C@H](CO[C@H]4O[C@H](CO)[C@@H](O)[C@H](O)[C@@H]4O[C@@H]4O[C@H](COS(=O)(=O)O)[C@@H](O[C@@H]5O[C@H](CO)[C@H](O)[C@H](O)[C@H]5O)[C@H](O)[C@H]4NC(C)=O)[C@@H](O)[C@H](O[C@H]4O[C@H](CO)[C@@H](O)[C@H](O)[C@@H]4O[C@@H]4O[C@H](CO)[C@@H](O[C@@H]5O[C@H](CO)[C@H](O)[C@H](O)[C@H]5O)[C@H](O)[C@H]4NC(C)=O)[C@@H]3O)[C@H](O)[C@H]2NC(C)=O)[C@@H](CO[C@@H]2O[C@@H](C)[C@@H](O)[C@@H](O)[C@@H]2O)O[C@H]1O. The van der Waals surface area contributed by atoms with Crippen LogP contribution in [0.1, 0.15) is 34.6 Å². The molecule has 0 aromatic rings. The van der Waals surface area contributed by atoms with Crippen LogP contribution >= 0.6 is 0 Å². The molecule has 10 heterocycles. The summed E-state index contributed by atoms with van der Waals surface area (Å²) in [5, 5.41) is 300. The van der Waals surface area contributed by atoms with Crippen LogP contribution in [0.3, 0.4) is 0 Å². The standard InChI is InChI=1S/C68H114N4O53S/c1-15-33(83)43(93)48(98)63(109-15)106-13-27-54(39(89)29(59(102)110-27)69-16(2)79)119-60-30(70-17(3)80)40(90)53(25(11-78)115-60)121-66-51(101)56(123-68-58(47(97)37(87)23(9-76)114-68)125-61-31(71-18(4)81)41(91)52(24(10-77)116-61)120-64-49(99)44(94)34(84)20(6-73)111-64)38(88)26(117-66)12-107-67-57(46(96)36(86)22(8-75)113-67)124-62-32(72-19(5)82)42(92)55(28(118-62)14-108-126(103,104)105)122-65-50(100)45(95)35(85)21(7-74)112-65/h15,20-68,73-78,83-102H,6-14H2,1-5H3,(H,69,79)(H,70,80)(H,71,81)(H,72,82)(H,103,104,105)/t15-,20+,21+,22+,23+,24+,25+,26+,27+,28+,29+,30+,31+,32+,33+,34-,35-,36+,37+,38+,39+,40+,41+,42+,43+,44-,45-,46-,47-,48-,49+,50+,51-,52+,53+,54+,55+,56-,57-,58-,59+,60-,61-,62-,63+,64-,65-,66-,67-,68+/m0/s1. The third-order valence-electron chi connectivity index (χ3n) is 22.6. The highest BCUT2D eigenvalue weighted by atomic mass is 32.3. The van der Waals surface area contributed by atoms with Gasteiger partial charge in [0.25, 0.3) is 0 Å². The summed E-state index contributed by atoms with van der Waals surface area (Å²) in [5.41, 5.74) is 0. The van der Waals surface area contributed by atoms with E-state index in [4.69, 9.17) is 90.0 Å². The summed E-state index contributed by atoms with van der Waals surface area (Å²) in [6, 6.07) is -7.94. The van der Waals surface area contributed by atoms with Crippen molar-refractivity contribution in [2.24, 2.45) is 0 Å². The predicted molar refractivity (Wildman–Crippen MR) is 385 cm³/mol. The molecular formula is C68H114N4O53S. The van der Waals surface area contributed by atoms with E-state index in [-0.39, 0.29) is 0 Å². The lowest BCUT2D eigenvalue weighted by Crippen LogP contribution is -2.71. The molecule has 10 saturated heterocycles. The molecule has 0 aromatic carbocycles. The lowest BCUT2D eigenvalue weighted by atomic mass is 9.93. The van der Waals surface area contributed by atoms with Gasteiger partial charge in [0.05, 0.1) is 65.6 Å². The van der Waals surface area contributed by atoms with Gasteiger partial charge in [-0.1, -0.05) is 0 Å². The molecule has 10 aliphatic heterocycles. The van der Waals surface area contributed by atoms with Gasteiger partial charge in [-0.05, 0) is 6.92 Å². The number of hydrogen-bond donors (Lipinski definition) is 31. The van der Waals surface area contributed by atoms with Crippen LogP contribution in [0.15, 0.2) is 0 Å². The molecule has 0 radical (unpaired) electrons. The molecule has 57 nitrogen and oxygen atoms in total. The molecule has 4 amide bonds. The van der Waals surface area contributed by atoms with E-state index >= 15 is 0 Å². The van der Waals surface area contributed by atoms with Crippen LogP contribution in [0.4, 0.5) is 0 Å². The van der Waals surface area contributed by atoms with E-state index in [0.29, 0.717) is 0 Å². The van der Waals surface area contributed by atoms with Gasteiger partial charge in [-0.3, -0.25) is 23.7 Å². The zero-order valence-electron chi connectivity index (χ0n) is 67.3. The fourth-order valence-electron chi connectivity index (χ4n) is 15.9. The van der Waals surface area contributed by atoms with E-state index in [1.807, 2.05) is 0 Å². The van der Waals surface area contributed by atoms with Crippen molar-refractivity contribution >= 4 is 34.0 Å². The number of amides is 4. The topological polar surface area (TPSA) is 881 Å². The molecule has 10 aliphatic rings. The maximum absolute atomic E-state index is 13.3. The van der Waals surface area contributed by atoms with Crippen LogP contribution in [0.2, 0.25) is 0 Å². The monoisotopic (exact) mass is 1870 g/mol. The second kappa shape index (κ2) is 44.9. The summed E-state index contributed by atoms with van der Waals surface area (Å²) < 4.78 is 151. The second-order valence-electron chi connectivity index (χ2n) is 31.5. The molecule has 10 rings (SSSR count). The third-order valence-corrected chi connectivity index (χ3v) is 23.1. The normalized spacial score (nSPS) is 48.6. The lowest BCUT2D eigenvalue weighted by molar-refractivity contribution is -0.399. The molecule has 0 bridgehead atoms. The molecule has 0 unspecified atom stereocenters. The van der Waals surface area contributed by atoms with Gasteiger partial charge in [0, 0.05) is 27.7 Å². The van der Waals surface area contributed by atoms with Gasteiger partial charge in [-0.25, -0.2) is 4.18 Å². The fraction of sp³-hybridized carbons (Fsp3) is 0.941. The first kappa shape index (κ1) is 104. The molecule has 0 aromatic heterocycles. The quantitative estimate of drug-likeness (QED) is 0.0271. The van der Waals surface area contributed by atoms with E-state index in [1.54, 1.807) is 0 Å². The lowest BCUT2D eigenvalue weighted by Gasteiger charge is -2.51. The number of aliphatic hydroxyl groups excluding tert-OH is 26. The zero-order chi connectivity index (χ0) is 93.0. The van der Waals surface area contributed by atoms with Crippen molar-refractivity contribution in [1.82, 2.24) is 21.3 Å². The van der Waals surface area contributed by atoms with Crippen molar-refractivity contribution in [1.29, 1.82) is 0 Å². The number of carbonyl (C=O) groups is 4. The zero-order valence-corrected chi connectivity index (χ0v) is 68.1. The second-order valence-corrected chi connectivity index (χ2v) is 32.6. The van der Waals surface area contributed by atoms with Gasteiger partial charge in [-0.15, -0.1) is 0 Å². The Kier molecular flexibility index (Phi) is 37.0. The van der Waals surface area contributed by atoms with Gasteiger partial charge < -0.3 is 244 Å². The minimum absolute atomic E-state index is 0.862. The maximum Gasteiger partial charge on any atom is 0.397 e. The predicted octanol–water partition coefficient (Wildman–Crippen LogP) is -21.4. The summed E-state index contributed by atoms with van der Waals surface area (Å²) in [5.74, 6) is -3.92. The number of ether oxygens (including phenoxy) is 19. The Bertz CT molecular complexity index is 3570. The Labute approximate surface area is 713 Å². The van der Waals surface area contributed by atoms with Crippen molar-refractivity contribution in [3.63, 3.8) is 0 Å². The van der Waals surface area contributed by atoms with Gasteiger partial charge >= 0.3 is 10.4 Å². The number of nitrogens with one attached hydrogen (secondary N) is 4. The van der Waals surface area contributed by atoms with Gasteiger partial charge in [-0.2, -0.15) is 8.42 Å². The van der Waals surface area contributed by atoms with Gasteiger partial charge in [0.2, 0.25) is 23.6 Å². The van der Waals surface area contributed by atoms with Crippen molar-refractivity contribution < 1.29 is 259 Å². The van der Waals surface area contributed by atoms with Crippen LogP contribution < -0.4 is 21.3 Å². The summed E-state index contributed by atoms with van der Waals surface area (Å²) >= 11 is 0. The summed E-state index contributed by atoms with van der Waals surface area (Å²) in [6.07, 6.45) is -98.4. The summed E-state index contributed by atoms with van der Waals surface area (Å²) in [6.45, 7) is -5.61. The van der Waals surface area contributed by atoms with Crippen molar-refractivity contribution in [2.75, 3.05) is 59.5 Å². The Morgan fingerprint density at radius 2 is 0.548 bits per heavy atom. The van der Waals surface area contributed by atoms with Crippen LogP contribution in [0.25, 0.3) is 0 Å². The van der Waals surface area contributed by atoms with E-state index in [1.165, 1.54) is 6.92 Å². The average molecular weight is 1870 g/mol. The highest BCUT2D eigenvalue weighted by molar-refractivity contribution is 7.80.